The van der Waals surface area contributed by atoms with E-state index in [0.717, 1.165) is 11.4 Å². The van der Waals surface area contributed by atoms with E-state index in [4.69, 9.17) is 4.42 Å². The normalized spacial score (nSPS) is 17.4. The van der Waals surface area contributed by atoms with Gasteiger partial charge in [-0.05, 0) is 18.6 Å². The second-order valence-electron chi connectivity index (χ2n) is 5.99. The Kier molecular flexibility index (Phi) is 3.89. The van der Waals surface area contributed by atoms with Crippen LogP contribution in [0, 0.1) is 6.92 Å². The van der Waals surface area contributed by atoms with Crippen LogP contribution in [0.5, 0.6) is 0 Å². The third-order valence-electron chi connectivity index (χ3n) is 4.21. The quantitative estimate of drug-likeness (QED) is 0.758. The molecule has 1 aromatic carbocycles. The summed E-state index contributed by atoms with van der Waals surface area (Å²) in [5, 5.41) is 4.11. The van der Waals surface area contributed by atoms with Gasteiger partial charge in [-0.15, -0.1) is 0 Å². The molecule has 1 N–H and O–H groups in total. The Morgan fingerprint density at radius 3 is 2.80 bits per heavy atom. The minimum Gasteiger partial charge on any atom is -0.449 e. The molecule has 3 heterocycles. The van der Waals surface area contributed by atoms with Crippen molar-refractivity contribution in [1.82, 2.24) is 24.5 Å². The van der Waals surface area contributed by atoms with Gasteiger partial charge in [-0.25, -0.2) is 27.8 Å². The number of benzene rings is 1. The predicted octanol–water partition coefficient (Wildman–Crippen LogP) is 1.53. The first kappa shape index (κ1) is 16.0. The topological polar surface area (TPSA) is 103 Å². The predicted molar refractivity (Wildman–Crippen MR) is 89.1 cm³/mol. The first-order valence-corrected chi connectivity index (χ1v) is 9.41. The van der Waals surface area contributed by atoms with E-state index in [1.54, 1.807) is 42.1 Å². The molecular formula is C16H17N5O3S. The van der Waals surface area contributed by atoms with Gasteiger partial charge in [-0.3, -0.25) is 0 Å². The van der Waals surface area contributed by atoms with Gasteiger partial charge in [-0.2, -0.15) is 5.10 Å². The molecule has 0 bridgehead atoms. The van der Waals surface area contributed by atoms with Crippen LogP contribution in [0.3, 0.4) is 0 Å². The van der Waals surface area contributed by atoms with E-state index in [1.807, 2.05) is 0 Å². The van der Waals surface area contributed by atoms with Gasteiger partial charge in [0.15, 0.2) is 5.89 Å². The van der Waals surface area contributed by atoms with Crippen molar-refractivity contribution in [2.24, 2.45) is 0 Å². The summed E-state index contributed by atoms with van der Waals surface area (Å²) in [5.41, 5.74) is 1.49. The molecule has 1 atom stereocenters. The third kappa shape index (κ3) is 3.20. The van der Waals surface area contributed by atoms with Crippen LogP contribution in [-0.2, 0) is 23.0 Å². The molecule has 1 aliphatic rings. The fraction of sp³-hybridized carbons (Fsp3) is 0.312. The van der Waals surface area contributed by atoms with Crippen molar-refractivity contribution in [3.63, 3.8) is 0 Å². The van der Waals surface area contributed by atoms with Crippen LogP contribution in [0.1, 0.15) is 18.1 Å². The fourth-order valence-electron chi connectivity index (χ4n) is 2.92. The smallest absolute Gasteiger partial charge is 0.240 e. The molecule has 0 radical (unpaired) electrons. The summed E-state index contributed by atoms with van der Waals surface area (Å²) < 4.78 is 34.9. The lowest BCUT2D eigenvalue weighted by Gasteiger charge is -2.23. The Morgan fingerprint density at radius 1 is 1.28 bits per heavy atom. The molecule has 0 saturated heterocycles. The Balaban J connectivity index is 1.50. The summed E-state index contributed by atoms with van der Waals surface area (Å²) in [6.07, 6.45) is 4.46. The first-order chi connectivity index (χ1) is 12.0. The van der Waals surface area contributed by atoms with Crippen LogP contribution in [0.4, 0.5) is 0 Å². The molecule has 0 fully saturated rings. The van der Waals surface area contributed by atoms with Crippen LogP contribution in [-0.4, -0.2) is 34.2 Å². The number of nitrogens with one attached hydrogen (secondary N) is 1. The van der Waals surface area contributed by atoms with Crippen molar-refractivity contribution in [2.75, 3.05) is 0 Å². The van der Waals surface area contributed by atoms with Crippen molar-refractivity contribution >= 4 is 10.0 Å². The van der Waals surface area contributed by atoms with Crippen molar-refractivity contribution in [2.45, 2.75) is 37.2 Å². The van der Waals surface area contributed by atoms with E-state index in [-0.39, 0.29) is 10.9 Å². The van der Waals surface area contributed by atoms with Crippen LogP contribution in [0.2, 0.25) is 0 Å². The lowest BCUT2D eigenvalue weighted by Crippen LogP contribution is -2.41. The number of aryl methyl sites for hydroxylation is 2. The Bertz CT molecular complexity index is 991. The number of sulfonamides is 1. The number of hydrogen-bond acceptors (Lipinski definition) is 6. The molecule has 130 valence electrons. The summed E-state index contributed by atoms with van der Waals surface area (Å²) in [7, 11) is -3.59. The number of oxazole rings is 1. The molecular weight excluding hydrogens is 342 g/mol. The second-order valence-corrected chi connectivity index (χ2v) is 7.71. The highest BCUT2D eigenvalue weighted by Crippen LogP contribution is 2.21. The summed E-state index contributed by atoms with van der Waals surface area (Å²) in [4.78, 5) is 8.61. The van der Waals surface area contributed by atoms with Gasteiger partial charge in [0.2, 0.25) is 10.0 Å². The largest absolute Gasteiger partial charge is 0.449 e. The van der Waals surface area contributed by atoms with Gasteiger partial charge in [0.25, 0.3) is 0 Å². The standard InChI is InChI=1S/C16H17N5O3S/c1-11-19-15(9-24-11)12-2-5-14(6-3-12)25(22,23)20-13-4-7-16-17-10-18-21(16)8-13/h2-3,5-6,9-10,13,20H,4,7-8H2,1H3. The summed E-state index contributed by atoms with van der Waals surface area (Å²) in [6, 6.07) is 6.40. The molecule has 1 aliphatic heterocycles. The van der Waals surface area contributed by atoms with Gasteiger partial charge >= 0.3 is 0 Å². The first-order valence-electron chi connectivity index (χ1n) is 7.93. The summed E-state index contributed by atoms with van der Waals surface area (Å²) in [6.45, 7) is 2.25. The maximum absolute atomic E-state index is 12.6. The molecule has 0 saturated carbocycles. The van der Waals surface area contributed by atoms with Gasteiger partial charge in [0.1, 0.15) is 24.1 Å². The Labute approximate surface area is 145 Å². The van der Waals surface area contributed by atoms with Gasteiger partial charge in [0, 0.05) is 24.9 Å². The average Bonchev–Trinajstić information content (AvgIpc) is 3.23. The van der Waals surface area contributed by atoms with Gasteiger partial charge in [0.05, 0.1) is 11.4 Å². The van der Waals surface area contributed by atoms with Gasteiger partial charge in [-0.1, -0.05) is 12.1 Å². The molecule has 2 aromatic heterocycles. The summed E-state index contributed by atoms with van der Waals surface area (Å²) in [5.74, 6) is 1.46. The number of rotatable bonds is 4. The molecule has 0 spiro atoms. The number of fused-ring (bicyclic) bond motifs is 1. The number of aromatic nitrogens is 4. The van der Waals surface area contributed by atoms with Crippen molar-refractivity contribution in [3.8, 4) is 11.3 Å². The molecule has 25 heavy (non-hydrogen) atoms. The minimum atomic E-state index is -3.59. The third-order valence-corrected chi connectivity index (χ3v) is 5.74. The number of nitrogens with zero attached hydrogens (tertiary/aromatic N) is 4. The molecule has 3 aromatic rings. The van der Waals surface area contributed by atoms with Crippen LogP contribution >= 0.6 is 0 Å². The van der Waals surface area contributed by atoms with Crippen molar-refractivity contribution < 1.29 is 12.8 Å². The van der Waals surface area contributed by atoms with E-state index in [1.165, 1.54) is 6.33 Å². The van der Waals surface area contributed by atoms with E-state index >= 15 is 0 Å². The van der Waals surface area contributed by atoms with E-state index in [9.17, 15) is 8.42 Å². The highest BCUT2D eigenvalue weighted by atomic mass is 32.2. The van der Waals surface area contributed by atoms with Crippen LogP contribution in [0.15, 0.2) is 46.2 Å². The second kappa shape index (κ2) is 6.08. The molecule has 0 amide bonds. The SMILES string of the molecule is Cc1nc(-c2ccc(S(=O)(=O)NC3CCc4ncnn4C3)cc2)co1. The number of hydrogen-bond donors (Lipinski definition) is 1. The monoisotopic (exact) mass is 359 g/mol. The average molecular weight is 359 g/mol. The van der Waals surface area contributed by atoms with Crippen molar-refractivity contribution in [3.05, 3.63) is 48.6 Å². The molecule has 1 unspecified atom stereocenters. The summed E-state index contributed by atoms with van der Waals surface area (Å²) >= 11 is 0. The van der Waals surface area contributed by atoms with E-state index in [0.29, 0.717) is 31.0 Å². The fourth-order valence-corrected chi connectivity index (χ4v) is 4.18. The van der Waals surface area contributed by atoms with Crippen LogP contribution < -0.4 is 4.72 Å². The Hall–Kier alpha value is -2.52. The highest BCUT2D eigenvalue weighted by Gasteiger charge is 2.25. The zero-order valence-corrected chi connectivity index (χ0v) is 14.4. The lowest BCUT2D eigenvalue weighted by molar-refractivity contribution is 0.395. The zero-order valence-electron chi connectivity index (χ0n) is 13.6. The zero-order chi connectivity index (χ0) is 17.4. The maximum atomic E-state index is 12.6. The maximum Gasteiger partial charge on any atom is 0.240 e. The van der Waals surface area contributed by atoms with E-state index in [2.05, 4.69) is 19.8 Å². The molecule has 4 rings (SSSR count). The Morgan fingerprint density at radius 2 is 2.08 bits per heavy atom. The van der Waals surface area contributed by atoms with E-state index < -0.39 is 10.0 Å². The van der Waals surface area contributed by atoms with Gasteiger partial charge < -0.3 is 4.42 Å². The molecule has 0 aliphatic carbocycles. The minimum absolute atomic E-state index is 0.197. The lowest BCUT2D eigenvalue weighted by atomic mass is 10.1. The highest BCUT2D eigenvalue weighted by molar-refractivity contribution is 7.89. The van der Waals surface area contributed by atoms with Crippen LogP contribution in [0.25, 0.3) is 11.3 Å². The van der Waals surface area contributed by atoms with Crippen molar-refractivity contribution in [1.29, 1.82) is 0 Å². The molecule has 9 heteroatoms. The molecule has 8 nitrogen and oxygen atoms in total.